The number of unbranched alkanes of at least 4 members (excludes halogenated alkanes) is 1. The van der Waals surface area contributed by atoms with Gasteiger partial charge in [-0.15, -0.1) is 0 Å². The monoisotopic (exact) mass is 225 g/mol. The zero-order valence-corrected chi connectivity index (χ0v) is 9.71. The molecule has 0 amide bonds. The van der Waals surface area contributed by atoms with Crippen LogP contribution in [0.5, 0.6) is 0 Å². The van der Waals surface area contributed by atoms with Crippen molar-refractivity contribution in [2.45, 2.75) is 25.8 Å². The maximum absolute atomic E-state index is 8.51. The molecule has 0 aliphatic rings. The molecule has 0 radical (unpaired) electrons. The summed E-state index contributed by atoms with van der Waals surface area (Å²) in [6, 6.07) is 10.7. The van der Waals surface area contributed by atoms with Gasteiger partial charge in [-0.05, 0) is 24.0 Å². The summed E-state index contributed by atoms with van der Waals surface area (Å²) >= 11 is 0. The maximum Gasteiger partial charge on any atom is 0.0949 e. The third-order valence-electron chi connectivity index (χ3n) is 2.67. The standard InChI is InChI=1S/C14H15N3/c15-7-2-1-4-13-5-3-6-14(10-13)11-17-9-8-16-12-17/h3,5-6,8-10,12H,1-2,4,11H2. The van der Waals surface area contributed by atoms with Crippen LogP contribution in [0.3, 0.4) is 0 Å². The first-order chi connectivity index (χ1) is 8.38. The summed E-state index contributed by atoms with van der Waals surface area (Å²) in [7, 11) is 0. The van der Waals surface area contributed by atoms with Crippen LogP contribution < -0.4 is 0 Å². The van der Waals surface area contributed by atoms with Gasteiger partial charge in [-0.2, -0.15) is 5.26 Å². The molecule has 0 unspecified atom stereocenters. The van der Waals surface area contributed by atoms with Crippen molar-refractivity contribution >= 4 is 0 Å². The first-order valence-electron chi connectivity index (χ1n) is 5.79. The van der Waals surface area contributed by atoms with E-state index in [4.69, 9.17) is 5.26 Å². The van der Waals surface area contributed by atoms with E-state index >= 15 is 0 Å². The molecule has 2 aromatic rings. The zero-order valence-electron chi connectivity index (χ0n) is 9.71. The Balaban J connectivity index is 1.99. The Morgan fingerprint density at radius 1 is 1.29 bits per heavy atom. The molecule has 3 heteroatoms. The molecule has 3 nitrogen and oxygen atoms in total. The van der Waals surface area contributed by atoms with Gasteiger partial charge >= 0.3 is 0 Å². The number of nitrogens with zero attached hydrogens (tertiary/aromatic N) is 3. The highest BCUT2D eigenvalue weighted by Gasteiger charge is 1.97. The van der Waals surface area contributed by atoms with Gasteiger partial charge in [-0.1, -0.05) is 24.3 Å². The van der Waals surface area contributed by atoms with Crippen molar-refractivity contribution in [2.24, 2.45) is 0 Å². The summed E-state index contributed by atoms with van der Waals surface area (Å²) in [5.41, 5.74) is 2.58. The topological polar surface area (TPSA) is 41.6 Å². The van der Waals surface area contributed by atoms with Crippen molar-refractivity contribution in [3.05, 3.63) is 54.1 Å². The van der Waals surface area contributed by atoms with Crippen molar-refractivity contribution in [3.8, 4) is 6.07 Å². The highest BCUT2D eigenvalue weighted by atomic mass is 15.0. The molecule has 0 fully saturated rings. The predicted molar refractivity (Wildman–Crippen MR) is 66.3 cm³/mol. The van der Waals surface area contributed by atoms with Crippen molar-refractivity contribution in [2.75, 3.05) is 0 Å². The summed E-state index contributed by atoms with van der Waals surface area (Å²) in [6.07, 6.45) is 8.11. The zero-order chi connectivity index (χ0) is 11.9. The fourth-order valence-corrected chi connectivity index (χ4v) is 1.85. The second-order valence-corrected chi connectivity index (χ2v) is 4.07. The average Bonchev–Trinajstić information content (AvgIpc) is 2.83. The molecule has 1 aromatic carbocycles. The number of rotatable bonds is 5. The van der Waals surface area contributed by atoms with Crippen LogP contribution >= 0.6 is 0 Å². The first-order valence-corrected chi connectivity index (χ1v) is 5.79. The molecule has 0 bridgehead atoms. The van der Waals surface area contributed by atoms with Crippen LogP contribution in [0.2, 0.25) is 0 Å². The molecule has 1 aromatic heterocycles. The Morgan fingerprint density at radius 3 is 2.94 bits per heavy atom. The van der Waals surface area contributed by atoms with Crippen LogP contribution in [-0.4, -0.2) is 9.55 Å². The third-order valence-corrected chi connectivity index (χ3v) is 2.67. The van der Waals surface area contributed by atoms with Gasteiger partial charge in [0.15, 0.2) is 0 Å². The summed E-state index contributed by atoms with van der Waals surface area (Å²) in [5.74, 6) is 0. The smallest absolute Gasteiger partial charge is 0.0949 e. The summed E-state index contributed by atoms with van der Waals surface area (Å²) in [4.78, 5) is 4.03. The van der Waals surface area contributed by atoms with Gasteiger partial charge in [-0.3, -0.25) is 0 Å². The molecular formula is C14H15N3. The Labute approximate surface area is 101 Å². The van der Waals surface area contributed by atoms with Gasteiger partial charge in [0, 0.05) is 25.4 Å². The minimum Gasteiger partial charge on any atom is -0.333 e. The molecule has 86 valence electrons. The molecule has 0 aliphatic heterocycles. The van der Waals surface area contributed by atoms with Crippen LogP contribution in [-0.2, 0) is 13.0 Å². The van der Waals surface area contributed by atoms with Crippen molar-refractivity contribution < 1.29 is 0 Å². The van der Waals surface area contributed by atoms with E-state index in [0.717, 1.165) is 19.4 Å². The number of hydrogen-bond donors (Lipinski definition) is 0. The van der Waals surface area contributed by atoms with Gasteiger partial charge in [0.1, 0.15) is 0 Å². The molecule has 0 N–H and O–H groups in total. The number of nitriles is 1. The minimum absolute atomic E-state index is 0.631. The van der Waals surface area contributed by atoms with Gasteiger partial charge in [-0.25, -0.2) is 4.98 Å². The average molecular weight is 225 g/mol. The van der Waals surface area contributed by atoms with Crippen molar-refractivity contribution in [1.82, 2.24) is 9.55 Å². The predicted octanol–water partition coefficient (Wildman–Crippen LogP) is 2.78. The van der Waals surface area contributed by atoms with Gasteiger partial charge in [0.05, 0.1) is 12.4 Å². The number of imidazole rings is 1. The summed E-state index contributed by atoms with van der Waals surface area (Å²) in [5, 5.41) is 8.51. The lowest BCUT2D eigenvalue weighted by molar-refractivity contribution is 0.791. The lowest BCUT2D eigenvalue weighted by Gasteiger charge is -2.05. The number of aromatic nitrogens is 2. The van der Waals surface area contributed by atoms with Gasteiger partial charge < -0.3 is 4.57 Å². The Hall–Kier alpha value is -2.08. The minimum atomic E-state index is 0.631. The van der Waals surface area contributed by atoms with E-state index in [1.54, 1.807) is 6.20 Å². The third kappa shape index (κ3) is 3.46. The molecule has 0 atom stereocenters. The van der Waals surface area contributed by atoms with Gasteiger partial charge in [0.25, 0.3) is 0 Å². The SMILES string of the molecule is N#CCCCc1cccc(Cn2ccnc2)c1. The second-order valence-electron chi connectivity index (χ2n) is 4.07. The molecule has 17 heavy (non-hydrogen) atoms. The van der Waals surface area contributed by atoms with Gasteiger partial charge in [0.2, 0.25) is 0 Å². The fourth-order valence-electron chi connectivity index (χ4n) is 1.85. The van der Waals surface area contributed by atoms with Crippen molar-refractivity contribution in [1.29, 1.82) is 5.26 Å². The molecule has 2 rings (SSSR count). The van der Waals surface area contributed by atoms with Crippen LogP contribution in [0.15, 0.2) is 43.0 Å². The van der Waals surface area contributed by atoms with E-state index in [9.17, 15) is 0 Å². The highest BCUT2D eigenvalue weighted by Crippen LogP contribution is 2.10. The van der Waals surface area contributed by atoms with E-state index < -0.39 is 0 Å². The first kappa shape index (κ1) is 11.4. The lowest BCUT2D eigenvalue weighted by atomic mass is 10.1. The highest BCUT2D eigenvalue weighted by molar-refractivity contribution is 5.24. The summed E-state index contributed by atoms with van der Waals surface area (Å²) in [6.45, 7) is 0.853. The van der Waals surface area contributed by atoms with Crippen LogP contribution in [0.4, 0.5) is 0 Å². The summed E-state index contributed by atoms with van der Waals surface area (Å²) < 4.78 is 2.05. The van der Waals surface area contributed by atoms with E-state index in [-0.39, 0.29) is 0 Å². The molecule has 0 saturated heterocycles. The van der Waals surface area contributed by atoms with Crippen LogP contribution in [0.25, 0.3) is 0 Å². The lowest BCUT2D eigenvalue weighted by Crippen LogP contribution is -1.97. The maximum atomic E-state index is 8.51. The molecule has 0 spiro atoms. The number of hydrogen-bond acceptors (Lipinski definition) is 2. The molecule has 0 aliphatic carbocycles. The molecule has 1 heterocycles. The Kier molecular flexibility index (Phi) is 3.93. The van der Waals surface area contributed by atoms with E-state index in [0.29, 0.717) is 6.42 Å². The van der Waals surface area contributed by atoms with Crippen LogP contribution in [0, 0.1) is 11.3 Å². The molecule has 0 saturated carbocycles. The number of aryl methyl sites for hydroxylation is 1. The van der Waals surface area contributed by atoms with E-state index in [2.05, 4.69) is 35.3 Å². The van der Waals surface area contributed by atoms with Crippen LogP contribution in [0.1, 0.15) is 24.0 Å². The fraction of sp³-hybridized carbons (Fsp3) is 0.286. The van der Waals surface area contributed by atoms with E-state index in [1.807, 2.05) is 17.1 Å². The normalized spacial score (nSPS) is 10.1. The second kappa shape index (κ2) is 5.86. The molecular weight excluding hydrogens is 210 g/mol. The Bertz CT molecular complexity index is 494. The Morgan fingerprint density at radius 2 is 2.18 bits per heavy atom. The van der Waals surface area contributed by atoms with E-state index in [1.165, 1.54) is 11.1 Å². The number of benzene rings is 1. The van der Waals surface area contributed by atoms with Crippen molar-refractivity contribution in [3.63, 3.8) is 0 Å². The largest absolute Gasteiger partial charge is 0.333 e. The quantitative estimate of drug-likeness (QED) is 0.734.